The maximum atomic E-state index is 3.51. The van der Waals surface area contributed by atoms with Gasteiger partial charge in [-0.2, -0.15) is 0 Å². The van der Waals surface area contributed by atoms with Crippen LogP contribution in [-0.4, -0.2) is 36.6 Å². The van der Waals surface area contributed by atoms with E-state index in [1.165, 1.54) is 25.9 Å². The van der Waals surface area contributed by atoms with Crippen LogP contribution in [0.4, 0.5) is 0 Å². The van der Waals surface area contributed by atoms with Gasteiger partial charge in [-0.15, -0.1) is 0 Å². The second kappa shape index (κ2) is 5.72. The molecule has 1 heterocycles. The van der Waals surface area contributed by atoms with Crippen molar-refractivity contribution in [3.05, 3.63) is 0 Å². The van der Waals surface area contributed by atoms with Gasteiger partial charge in [-0.3, -0.25) is 4.90 Å². The van der Waals surface area contributed by atoms with Gasteiger partial charge in [0.05, 0.1) is 0 Å². The monoisotopic (exact) mass is 198 g/mol. The Hall–Kier alpha value is -0.0800. The Kier molecular flexibility index (Phi) is 4.90. The molecule has 3 atom stereocenters. The molecule has 0 radical (unpaired) electrons. The molecule has 1 aliphatic rings. The molecule has 2 heteroatoms. The minimum absolute atomic E-state index is 0.621. The first-order valence-electron chi connectivity index (χ1n) is 6.16. The number of likely N-dealkylation sites (tertiary alicyclic amines) is 1. The number of nitrogens with one attached hydrogen (secondary N) is 1. The largest absolute Gasteiger partial charge is 0.313 e. The fourth-order valence-corrected chi connectivity index (χ4v) is 2.37. The van der Waals surface area contributed by atoms with Crippen molar-refractivity contribution < 1.29 is 0 Å². The zero-order valence-electron chi connectivity index (χ0n) is 10.2. The van der Waals surface area contributed by atoms with Crippen LogP contribution >= 0.6 is 0 Å². The van der Waals surface area contributed by atoms with Gasteiger partial charge in [-0.25, -0.2) is 0 Å². The van der Waals surface area contributed by atoms with E-state index in [2.05, 4.69) is 37.9 Å². The molecule has 0 saturated carbocycles. The third-order valence-electron chi connectivity index (χ3n) is 3.72. The van der Waals surface area contributed by atoms with E-state index in [0.29, 0.717) is 12.1 Å². The lowest BCUT2D eigenvalue weighted by Gasteiger charge is -2.30. The summed E-state index contributed by atoms with van der Waals surface area (Å²) in [5, 5.41) is 3.51. The Morgan fingerprint density at radius 2 is 2.07 bits per heavy atom. The summed E-state index contributed by atoms with van der Waals surface area (Å²) in [6.45, 7) is 12.8. The fourth-order valence-electron chi connectivity index (χ4n) is 2.37. The van der Waals surface area contributed by atoms with Crippen LogP contribution in [0.15, 0.2) is 0 Å². The molecule has 1 fully saturated rings. The highest BCUT2D eigenvalue weighted by atomic mass is 15.2. The summed E-state index contributed by atoms with van der Waals surface area (Å²) in [5.74, 6) is 0.950. The van der Waals surface area contributed by atoms with Crippen molar-refractivity contribution in [1.29, 1.82) is 0 Å². The Bertz CT molecular complexity index is 158. The maximum absolute atomic E-state index is 3.51. The second-order valence-electron chi connectivity index (χ2n) is 4.64. The maximum Gasteiger partial charge on any atom is 0.0218 e. The molecule has 0 bridgehead atoms. The lowest BCUT2D eigenvalue weighted by atomic mass is 10.1. The zero-order chi connectivity index (χ0) is 10.6. The average Bonchev–Trinajstić information content (AvgIpc) is 2.65. The second-order valence-corrected chi connectivity index (χ2v) is 4.64. The lowest BCUT2D eigenvalue weighted by Crippen LogP contribution is -2.45. The highest BCUT2D eigenvalue weighted by molar-refractivity contribution is 4.83. The van der Waals surface area contributed by atoms with Gasteiger partial charge in [0.2, 0.25) is 0 Å². The van der Waals surface area contributed by atoms with Crippen LogP contribution in [0.2, 0.25) is 0 Å². The quantitative estimate of drug-likeness (QED) is 0.728. The standard InChI is InChI=1S/C12H26N2/c1-5-12-7-8-14(9-12)11(4)10(3)13-6-2/h10-13H,5-9H2,1-4H3. The predicted octanol–water partition coefficient (Wildman–Crippen LogP) is 2.10. The molecular weight excluding hydrogens is 172 g/mol. The molecule has 0 aliphatic carbocycles. The molecule has 3 unspecified atom stereocenters. The molecule has 0 aromatic rings. The molecule has 1 saturated heterocycles. The number of rotatable bonds is 5. The smallest absolute Gasteiger partial charge is 0.0218 e. The van der Waals surface area contributed by atoms with Crippen molar-refractivity contribution in [3.63, 3.8) is 0 Å². The van der Waals surface area contributed by atoms with Crippen molar-refractivity contribution in [1.82, 2.24) is 10.2 Å². The van der Waals surface area contributed by atoms with Crippen LogP contribution < -0.4 is 5.32 Å². The third-order valence-corrected chi connectivity index (χ3v) is 3.72. The van der Waals surface area contributed by atoms with Crippen molar-refractivity contribution in [2.75, 3.05) is 19.6 Å². The van der Waals surface area contributed by atoms with Gasteiger partial charge >= 0.3 is 0 Å². The molecular formula is C12H26N2. The molecule has 14 heavy (non-hydrogen) atoms. The van der Waals surface area contributed by atoms with E-state index >= 15 is 0 Å². The van der Waals surface area contributed by atoms with E-state index < -0.39 is 0 Å². The summed E-state index contributed by atoms with van der Waals surface area (Å²) < 4.78 is 0. The summed E-state index contributed by atoms with van der Waals surface area (Å²) in [5.41, 5.74) is 0. The highest BCUT2D eigenvalue weighted by Crippen LogP contribution is 2.21. The number of likely N-dealkylation sites (N-methyl/N-ethyl adjacent to an activating group) is 1. The SMILES string of the molecule is CCNC(C)C(C)N1CCC(CC)C1. The topological polar surface area (TPSA) is 15.3 Å². The summed E-state index contributed by atoms with van der Waals surface area (Å²) in [4.78, 5) is 2.64. The summed E-state index contributed by atoms with van der Waals surface area (Å²) >= 11 is 0. The minimum atomic E-state index is 0.621. The van der Waals surface area contributed by atoms with Crippen molar-refractivity contribution in [2.24, 2.45) is 5.92 Å². The normalized spacial score (nSPS) is 27.9. The molecule has 1 rings (SSSR count). The summed E-state index contributed by atoms with van der Waals surface area (Å²) in [6.07, 6.45) is 2.75. The zero-order valence-corrected chi connectivity index (χ0v) is 10.2. The average molecular weight is 198 g/mol. The predicted molar refractivity (Wildman–Crippen MR) is 62.6 cm³/mol. The van der Waals surface area contributed by atoms with E-state index in [-0.39, 0.29) is 0 Å². The van der Waals surface area contributed by atoms with Crippen LogP contribution in [0, 0.1) is 5.92 Å². The molecule has 0 amide bonds. The van der Waals surface area contributed by atoms with Crippen molar-refractivity contribution in [3.8, 4) is 0 Å². The molecule has 1 N–H and O–H groups in total. The first-order valence-corrected chi connectivity index (χ1v) is 6.16. The molecule has 0 aromatic carbocycles. The number of hydrogen-bond donors (Lipinski definition) is 1. The van der Waals surface area contributed by atoms with E-state index in [9.17, 15) is 0 Å². The third kappa shape index (κ3) is 2.96. The van der Waals surface area contributed by atoms with Gasteiger partial charge in [-0.05, 0) is 39.3 Å². The van der Waals surface area contributed by atoms with E-state index in [4.69, 9.17) is 0 Å². The lowest BCUT2D eigenvalue weighted by molar-refractivity contribution is 0.207. The molecule has 84 valence electrons. The Morgan fingerprint density at radius 1 is 1.36 bits per heavy atom. The number of nitrogens with zero attached hydrogens (tertiary/aromatic N) is 1. The molecule has 0 spiro atoms. The first-order chi connectivity index (χ1) is 6.69. The van der Waals surface area contributed by atoms with E-state index in [1.807, 2.05) is 0 Å². The van der Waals surface area contributed by atoms with Gasteiger partial charge in [0.15, 0.2) is 0 Å². The number of hydrogen-bond acceptors (Lipinski definition) is 2. The Balaban J connectivity index is 2.34. The van der Waals surface area contributed by atoms with Crippen LogP contribution in [0.25, 0.3) is 0 Å². The Morgan fingerprint density at radius 3 is 2.57 bits per heavy atom. The van der Waals surface area contributed by atoms with Crippen LogP contribution in [0.1, 0.15) is 40.5 Å². The first kappa shape index (κ1) is 12.0. The van der Waals surface area contributed by atoms with Crippen LogP contribution in [0.5, 0.6) is 0 Å². The summed E-state index contributed by atoms with van der Waals surface area (Å²) in [7, 11) is 0. The minimum Gasteiger partial charge on any atom is -0.313 e. The van der Waals surface area contributed by atoms with Crippen molar-refractivity contribution >= 4 is 0 Å². The fraction of sp³-hybridized carbons (Fsp3) is 1.00. The molecule has 1 aliphatic heterocycles. The van der Waals surface area contributed by atoms with Gasteiger partial charge < -0.3 is 5.32 Å². The Labute approximate surface area is 89.1 Å². The van der Waals surface area contributed by atoms with Gasteiger partial charge in [0, 0.05) is 18.6 Å². The van der Waals surface area contributed by atoms with E-state index in [0.717, 1.165) is 12.5 Å². The van der Waals surface area contributed by atoms with Crippen molar-refractivity contribution in [2.45, 2.75) is 52.6 Å². The molecule has 0 aromatic heterocycles. The van der Waals surface area contributed by atoms with Gasteiger partial charge in [0.1, 0.15) is 0 Å². The highest BCUT2D eigenvalue weighted by Gasteiger charge is 2.27. The van der Waals surface area contributed by atoms with Crippen LogP contribution in [0.3, 0.4) is 0 Å². The van der Waals surface area contributed by atoms with Gasteiger partial charge in [-0.1, -0.05) is 20.3 Å². The summed E-state index contributed by atoms with van der Waals surface area (Å²) in [6, 6.07) is 1.31. The van der Waals surface area contributed by atoms with Gasteiger partial charge in [0.25, 0.3) is 0 Å². The van der Waals surface area contributed by atoms with Crippen LogP contribution in [-0.2, 0) is 0 Å². The molecule has 2 nitrogen and oxygen atoms in total. The van der Waals surface area contributed by atoms with E-state index in [1.54, 1.807) is 0 Å².